The van der Waals surface area contributed by atoms with E-state index in [1.54, 1.807) is 0 Å². The van der Waals surface area contributed by atoms with Gasteiger partial charge in [0.15, 0.2) is 0 Å². The van der Waals surface area contributed by atoms with Crippen molar-refractivity contribution in [2.75, 3.05) is 0 Å². The lowest BCUT2D eigenvalue weighted by Crippen LogP contribution is -2.00. The molecule has 0 radical (unpaired) electrons. The highest BCUT2D eigenvalue weighted by atomic mass is 15.0. The molecule has 2 aromatic heterocycles. The normalized spacial score (nSPS) is 11.9. The molecule has 10 aromatic rings. The predicted octanol–water partition coefficient (Wildman–Crippen LogP) is 16.2. The molecule has 0 spiro atoms. The topological polar surface area (TPSA) is 9.86 Å². The molecule has 0 amide bonds. The SMILES string of the molecule is C=C/C=C\C(=C/C)c1c(-c2ccccc2)c(-c2ccccc2)c2c(-c3ccccc3)n(-c3ccc4c(c3)c3ccccc3n4CC)c(-c3ccccc3)c2c1-c1ccccc1. The minimum absolute atomic E-state index is 0.890. The fourth-order valence-corrected chi connectivity index (χ4v) is 9.54. The zero-order valence-corrected chi connectivity index (χ0v) is 34.6. The zero-order chi connectivity index (χ0) is 41.3. The summed E-state index contributed by atoms with van der Waals surface area (Å²) in [6.45, 7) is 9.38. The van der Waals surface area contributed by atoms with Crippen LogP contribution in [0.3, 0.4) is 0 Å². The summed E-state index contributed by atoms with van der Waals surface area (Å²) in [5.74, 6) is 0. The zero-order valence-electron chi connectivity index (χ0n) is 34.6. The summed E-state index contributed by atoms with van der Waals surface area (Å²) < 4.78 is 5.00. The van der Waals surface area contributed by atoms with E-state index < -0.39 is 0 Å². The Labute approximate surface area is 358 Å². The van der Waals surface area contributed by atoms with Crippen LogP contribution in [0.2, 0.25) is 0 Å². The summed E-state index contributed by atoms with van der Waals surface area (Å²) in [5.41, 5.74) is 17.5. The van der Waals surface area contributed by atoms with Crippen LogP contribution in [-0.2, 0) is 6.54 Å². The van der Waals surface area contributed by atoms with E-state index in [2.05, 4.69) is 242 Å². The Balaban J connectivity index is 1.55. The fourth-order valence-electron chi connectivity index (χ4n) is 9.54. The lowest BCUT2D eigenvalue weighted by Gasteiger charge is -2.24. The van der Waals surface area contributed by atoms with Crippen molar-refractivity contribution in [1.82, 2.24) is 9.13 Å². The van der Waals surface area contributed by atoms with Crippen molar-refractivity contribution in [2.45, 2.75) is 20.4 Å². The smallest absolute Gasteiger partial charge is 0.0620 e. The van der Waals surface area contributed by atoms with Gasteiger partial charge in [-0.3, -0.25) is 0 Å². The molecule has 0 saturated carbocycles. The molecule has 2 heterocycles. The number of allylic oxidation sites excluding steroid dienone is 5. The predicted molar refractivity (Wildman–Crippen MR) is 262 cm³/mol. The molecular weight excluding hydrogens is 737 g/mol. The van der Waals surface area contributed by atoms with Gasteiger partial charge in [0.2, 0.25) is 0 Å². The first-order valence-electron chi connectivity index (χ1n) is 21.2. The molecule has 10 rings (SSSR count). The van der Waals surface area contributed by atoms with Gasteiger partial charge in [-0.05, 0) is 82.6 Å². The third-order valence-corrected chi connectivity index (χ3v) is 12.0. The van der Waals surface area contributed by atoms with E-state index in [-0.39, 0.29) is 0 Å². The number of fused-ring (bicyclic) bond motifs is 4. The van der Waals surface area contributed by atoms with Gasteiger partial charge in [-0.15, -0.1) is 0 Å². The van der Waals surface area contributed by atoms with Crippen LogP contribution >= 0.6 is 0 Å². The maximum Gasteiger partial charge on any atom is 0.0620 e. The first kappa shape index (κ1) is 37.6. The summed E-state index contributed by atoms with van der Waals surface area (Å²) in [6.07, 6.45) is 8.40. The summed E-state index contributed by atoms with van der Waals surface area (Å²) in [5, 5.41) is 4.91. The van der Waals surface area contributed by atoms with Crippen molar-refractivity contribution >= 4 is 38.2 Å². The highest BCUT2D eigenvalue weighted by Gasteiger charge is 2.32. The highest BCUT2D eigenvalue weighted by molar-refractivity contribution is 6.25. The molecule has 0 aliphatic carbocycles. The maximum atomic E-state index is 4.10. The highest BCUT2D eigenvalue weighted by Crippen LogP contribution is 2.56. The van der Waals surface area contributed by atoms with E-state index in [1.165, 1.54) is 54.8 Å². The number of aromatic nitrogens is 2. The summed E-state index contributed by atoms with van der Waals surface area (Å²) >= 11 is 0. The van der Waals surface area contributed by atoms with Crippen LogP contribution in [0.5, 0.6) is 0 Å². The molecule has 0 N–H and O–H groups in total. The molecular formula is C59H46N2. The second kappa shape index (κ2) is 16.2. The lowest BCUT2D eigenvalue weighted by atomic mass is 9.78. The van der Waals surface area contributed by atoms with Crippen LogP contribution in [0.15, 0.2) is 225 Å². The Kier molecular flexibility index (Phi) is 9.96. The monoisotopic (exact) mass is 782 g/mol. The molecule has 0 aliphatic rings. The Hall–Kier alpha value is -7.68. The summed E-state index contributed by atoms with van der Waals surface area (Å²) in [6, 6.07) is 70.9. The van der Waals surface area contributed by atoms with E-state index in [0.29, 0.717) is 0 Å². The number of aryl methyl sites for hydroxylation is 1. The molecule has 0 fully saturated rings. The molecule has 0 unspecified atom stereocenters. The third kappa shape index (κ3) is 6.36. The van der Waals surface area contributed by atoms with E-state index in [9.17, 15) is 0 Å². The van der Waals surface area contributed by atoms with Gasteiger partial charge in [-0.1, -0.05) is 201 Å². The quantitative estimate of drug-likeness (QED) is 0.122. The molecule has 0 atom stereocenters. The van der Waals surface area contributed by atoms with Crippen LogP contribution in [0.25, 0.3) is 99.7 Å². The first-order valence-corrected chi connectivity index (χ1v) is 21.2. The van der Waals surface area contributed by atoms with Gasteiger partial charge in [0, 0.05) is 55.9 Å². The fraction of sp³-hybridized carbons (Fsp3) is 0.0508. The third-order valence-electron chi connectivity index (χ3n) is 12.0. The van der Waals surface area contributed by atoms with Crippen LogP contribution < -0.4 is 0 Å². The van der Waals surface area contributed by atoms with E-state index >= 15 is 0 Å². The van der Waals surface area contributed by atoms with Crippen molar-refractivity contribution in [3.05, 3.63) is 231 Å². The van der Waals surface area contributed by atoms with E-state index in [1.807, 2.05) is 6.08 Å². The van der Waals surface area contributed by atoms with Crippen molar-refractivity contribution < 1.29 is 0 Å². The van der Waals surface area contributed by atoms with E-state index in [4.69, 9.17) is 0 Å². The molecule has 292 valence electrons. The largest absolute Gasteiger partial charge is 0.341 e. The van der Waals surface area contributed by atoms with Crippen molar-refractivity contribution in [2.24, 2.45) is 0 Å². The van der Waals surface area contributed by atoms with Gasteiger partial charge in [0.05, 0.1) is 11.4 Å². The van der Waals surface area contributed by atoms with Gasteiger partial charge in [-0.25, -0.2) is 0 Å². The Morgan fingerprint density at radius 1 is 0.492 bits per heavy atom. The second-order valence-corrected chi connectivity index (χ2v) is 15.4. The molecule has 61 heavy (non-hydrogen) atoms. The average Bonchev–Trinajstić information content (AvgIpc) is 3.85. The molecule has 2 heteroatoms. The number of benzene rings is 8. The van der Waals surface area contributed by atoms with Gasteiger partial charge < -0.3 is 9.13 Å². The van der Waals surface area contributed by atoms with Gasteiger partial charge >= 0.3 is 0 Å². The summed E-state index contributed by atoms with van der Waals surface area (Å²) in [4.78, 5) is 0. The molecule has 2 nitrogen and oxygen atoms in total. The Morgan fingerprint density at radius 3 is 1.48 bits per heavy atom. The summed E-state index contributed by atoms with van der Waals surface area (Å²) in [7, 11) is 0. The van der Waals surface area contributed by atoms with Crippen molar-refractivity contribution in [3.63, 3.8) is 0 Å². The van der Waals surface area contributed by atoms with Crippen LogP contribution in [0.1, 0.15) is 19.4 Å². The van der Waals surface area contributed by atoms with Crippen LogP contribution in [0, 0.1) is 0 Å². The van der Waals surface area contributed by atoms with Crippen LogP contribution in [0.4, 0.5) is 0 Å². The minimum atomic E-state index is 0.890. The van der Waals surface area contributed by atoms with Gasteiger partial charge in [0.1, 0.15) is 0 Å². The second-order valence-electron chi connectivity index (χ2n) is 15.4. The number of hydrogen-bond donors (Lipinski definition) is 0. The lowest BCUT2D eigenvalue weighted by molar-refractivity contribution is 0.827. The van der Waals surface area contributed by atoms with Crippen molar-refractivity contribution in [3.8, 4) is 61.6 Å². The van der Waals surface area contributed by atoms with E-state index in [0.717, 1.165) is 57.0 Å². The van der Waals surface area contributed by atoms with Crippen molar-refractivity contribution in [1.29, 1.82) is 0 Å². The standard InChI is InChI=1S/C59H46N2/c1-4-7-25-41(5-2)52-53(42-26-13-8-14-27-42)55(44-30-17-10-18-31-44)57-56(54(52)43-28-15-9-16-29-43)58(45-32-19-11-20-33-45)61(59(57)46-34-21-12-22-35-46)47-38-39-51-49(40-47)48-36-23-24-37-50(48)60(51)6-3/h4-5,7-40H,1,6H2,2-3H3/b25-7-,41-5+. The molecule has 0 aliphatic heterocycles. The molecule has 8 aromatic carbocycles. The number of hydrogen-bond acceptors (Lipinski definition) is 0. The minimum Gasteiger partial charge on any atom is -0.341 e. The Bertz CT molecular complexity index is 3260. The van der Waals surface area contributed by atoms with Gasteiger partial charge in [-0.2, -0.15) is 0 Å². The molecule has 0 bridgehead atoms. The maximum absolute atomic E-state index is 4.10. The molecule has 0 saturated heterocycles. The first-order chi connectivity index (χ1) is 30.2. The van der Waals surface area contributed by atoms with Gasteiger partial charge in [0.25, 0.3) is 0 Å². The van der Waals surface area contributed by atoms with Crippen LogP contribution in [-0.4, -0.2) is 9.13 Å². The average molecular weight is 783 g/mol. The number of para-hydroxylation sites is 1. The number of nitrogens with zero attached hydrogens (tertiary/aromatic N) is 2. The number of rotatable bonds is 10. The Morgan fingerprint density at radius 2 is 0.951 bits per heavy atom.